The first-order valence-corrected chi connectivity index (χ1v) is 4.74. The van der Waals surface area contributed by atoms with Crippen LogP contribution in [0.25, 0.3) is 0 Å². The minimum Gasteiger partial charge on any atom is -0.494 e. The van der Waals surface area contributed by atoms with Gasteiger partial charge in [-0.15, -0.1) is 0 Å². The lowest BCUT2D eigenvalue weighted by atomic mass is 9.99. The largest absolute Gasteiger partial charge is 0.494 e. The van der Waals surface area contributed by atoms with Crippen LogP contribution in [0, 0.1) is 0 Å². The Morgan fingerprint density at radius 2 is 1.69 bits per heavy atom. The zero-order chi connectivity index (χ0) is 12.1. The topological polar surface area (TPSA) is 83.8 Å². The third-order valence-corrected chi connectivity index (χ3v) is 2.02. The molecule has 0 atom stereocenters. The number of carboxylic acid groups (broad SMARTS) is 2. The average Bonchev–Trinajstić information content (AvgIpc) is 2.20. The van der Waals surface area contributed by atoms with Gasteiger partial charge in [-0.3, -0.25) is 9.59 Å². The number of hydrogen-bond acceptors (Lipinski definition) is 3. The fraction of sp³-hybridized carbons (Fsp3) is 0.273. The van der Waals surface area contributed by atoms with Crippen LogP contribution >= 0.6 is 0 Å². The molecule has 0 saturated heterocycles. The van der Waals surface area contributed by atoms with Crippen LogP contribution in [-0.4, -0.2) is 28.8 Å². The van der Waals surface area contributed by atoms with Gasteiger partial charge in [0.2, 0.25) is 0 Å². The summed E-state index contributed by atoms with van der Waals surface area (Å²) in [6.07, 6.45) is 0. The zero-order valence-electron chi connectivity index (χ0n) is 8.71. The van der Waals surface area contributed by atoms with Crippen molar-refractivity contribution in [3.8, 4) is 5.75 Å². The Bertz CT molecular complexity index is 368. The Balaban J connectivity index is 2.94. The molecular weight excluding hydrogens is 212 g/mol. The summed E-state index contributed by atoms with van der Waals surface area (Å²) in [6.45, 7) is 2.33. The molecule has 0 radical (unpaired) electrons. The van der Waals surface area contributed by atoms with E-state index in [9.17, 15) is 9.59 Å². The first-order chi connectivity index (χ1) is 7.56. The minimum absolute atomic E-state index is 0.225. The summed E-state index contributed by atoms with van der Waals surface area (Å²) in [5.41, 5.74) is 0.225. The van der Waals surface area contributed by atoms with E-state index in [1.54, 1.807) is 12.1 Å². The number of carboxylic acids is 2. The molecule has 0 fully saturated rings. The fourth-order valence-corrected chi connectivity index (χ4v) is 1.31. The van der Waals surface area contributed by atoms with Gasteiger partial charge in [-0.1, -0.05) is 12.1 Å². The predicted molar refractivity (Wildman–Crippen MR) is 55.6 cm³/mol. The van der Waals surface area contributed by atoms with Crippen LogP contribution in [0.5, 0.6) is 5.75 Å². The molecule has 0 unspecified atom stereocenters. The Labute approximate surface area is 92.3 Å². The number of hydrogen-bond donors (Lipinski definition) is 2. The number of ether oxygens (including phenoxy) is 1. The van der Waals surface area contributed by atoms with Crippen LogP contribution in [0.2, 0.25) is 0 Å². The van der Waals surface area contributed by atoms with Gasteiger partial charge in [0.15, 0.2) is 5.92 Å². The van der Waals surface area contributed by atoms with Crippen molar-refractivity contribution in [2.45, 2.75) is 12.8 Å². The van der Waals surface area contributed by atoms with E-state index in [1.165, 1.54) is 12.1 Å². The van der Waals surface area contributed by atoms with Crippen LogP contribution in [0.4, 0.5) is 0 Å². The van der Waals surface area contributed by atoms with Crippen molar-refractivity contribution < 1.29 is 24.5 Å². The summed E-state index contributed by atoms with van der Waals surface area (Å²) in [7, 11) is 0. The average molecular weight is 224 g/mol. The summed E-state index contributed by atoms with van der Waals surface area (Å²) in [5, 5.41) is 17.5. The van der Waals surface area contributed by atoms with Gasteiger partial charge in [0.1, 0.15) is 5.75 Å². The molecule has 5 nitrogen and oxygen atoms in total. The normalized spacial score (nSPS) is 10.1. The van der Waals surface area contributed by atoms with E-state index < -0.39 is 17.9 Å². The molecule has 16 heavy (non-hydrogen) atoms. The molecule has 1 rings (SSSR count). The Kier molecular flexibility index (Phi) is 3.88. The molecule has 0 aliphatic heterocycles. The van der Waals surface area contributed by atoms with E-state index >= 15 is 0 Å². The summed E-state index contributed by atoms with van der Waals surface area (Å²) >= 11 is 0. The molecule has 0 saturated carbocycles. The van der Waals surface area contributed by atoms with Gasteiger partial charge in [-0.05, 0) is 24.6 Å². The fourth-order valence-electron chi connectivity index (χ4n) is 1.31. The van der Waals surface area contributed by atoms with E-state index in [1.807, 2.05) is 6.92 Å². The Morgan fingerprint density at radius 3 is 2.06 bits per heavy atom. The molecule has 0 bridgehead atoms. The van der Waals surface area contributed by atoms with Gasteiger partial charge in [-0.2, -0.15) is 0 Å². The SMILES string of the molecule is CCOc1ccc(C(C(=O)O)C(=O)O)cc1. The second-order valence-corrected chi connectivity index (χ2v) is 3.11. The van der Waals surface area contributed by atoms with Crippen molar-refractivity contribution in [3.63, 3.8) is 0 Å². The van der Waals surface area contributed by atoms with Crippen molar-refractivity contribution in [2.24, 2.45) is 0 Å². The summed E-state index contributed by atoms with van der Waals surface area (Å²) in [6, 6.07) is 5.99. The third-order valence-electron chi connectivity index (χ3n) is 2.02. The molecule has 0 aromatic heterocycles. The lowest BCUT2D eigenvalue weighted by Crippen LogP contribution is -2.20. The molecular formula is C11H12O5. The van der Waals surface area contributed by atoms with Gasteiger partial charge in [0.25, 0.3) is 0 Å². The smallest absolute Gasteiger partial charge is 0.322 e. The second kappa shape index (κ2) is 5.16. The van der Waals surface area contributed by atoms with Gasteiger partial charge in [-0.25, -0.2) is 0 Å². The van der Waals surface area contributed by atoms with Crippen molar-refractivity contribution in [1.29, 1.82) is 0 Å². The highest BCUT2D eigenvalue weighted by atomic mass is 16.5. The minimum atomic E-state index is -1.53. The molecule has 0 aliphatic rings. The zero-order valence-corrected chi connectivity index (χ0v) is 8.71. The van der Waals surface area contributed by atoms with Crippen LogP contribution in [-0.2, 0) is 9.59 Å². The quantitative estimate of drug-likeness (QED) is 0.737. The van der Waals surface area contributed by atoms with Crippen molar-refractivity contribution in [1.82, 2.24) is 0 Å². The Hall–Kier alpha value is -2.04. The highest BCUT2D eigenvalue weighted by Crippen LogP contribution is 2.20. The van der Waals surface area contributed by atoms with Gasteiger partial charge in [0.05, 0.1) is 6.61 Å². The third kappa shape index (κ3) is 2.73. The maximum Gasteiger partial charge on any atom is 0.322 e. The van der Waals surface area contributed by atoms with Crippen molar-refractivity contribution in [2.75, 3.05) is 6.61 Å². The predicted octanol–water partition coefficient (Wildman–Crippen LogP) is 1.34. The first kappa shape index (κ1) is 12.0. The maximum atomic E-state index is 10.7. The molecule has 86 valence electrons. The lowest BCUT2D eigenvalue weighted by Gasteiger charge is -2.08. The van der Waals surface area contributed by atoms with E-state index in [0.29, 0.717) is 12.4 Å². The van der Waals surface area contributed by atoms with Crippen LogP contribution < -0.4 is 4.74 Å². The monoisotopic (exact) mass is 224 g/mol. The Morgan fingerprint density at radius 1 is 1.19 bits per heavy atom. The molecule has 0 spiro atoms. The molecule has 0 heterocycles. The highest BCUT2D eigenvalue weighted by Gasteiger charge is 2.27. The molecule has 5 heteroatoms. The molecule has 1 aromatic rings. The van der Waals surface area contributed by atoms with Gasteiger partial charge >= 0.3 is 11.9 Å². The van der Waals surface area contributed by atoms with Gasteiger partial charge in [0, 0.05) is 0 Å². The second-order valence-electron chi connectivity index (χ2n) is 3.11. The molecule has 0 amide bonds. The van der Waals surface area contributed by atoms with E-state index in [-0.39, 0.29) is 5.56 Å². The van der Waals surface area contributed by atoms with Crippen LogP contribution in [0.3, 0.4) is 0 Å². The molecule has 2 N–H and O–H groups in total. The summed E-state index contributed by atoms with van der Waals surface area (Å²) in [5.74, 6) is -3.70. The number of carbonyl (C=O) groups is 2. The molecule has 1 aromatic carbocycles. The summed E-state index contributed by atoms with van der Waals surface area (Å²) < 4.78 is 5.17. The summed E-state index contributed by atoms with van der Waals surface area (Å²) in [4.78, 5) is 21.5. The molecule has 0 aliphatic carbocycles. The standard InChI is InChI=1S/C11H12O5/c1-2-16-8-5-3-7(4-6-8)9(10(12)13)11(14)15/h3-6,9H,2H2,1H3,(H,12,13)(H,14,15). The number of aliphatic carboxylic acids is 2. The van der Waals surface area contributed by atoms with E-state index in [0.717, 1.165) is 0 Å². The van der Waals surface area contributed by atoms with E-state index in [4.69, 9.17) is 14.9 Å². The maximum absolute atomic E-state index is 10.7. The first-order valence-electron chi connectivity index (χ1n) is 4.74. The van der Waals surface area contributed by atoms with E-state index in [2.05, 4.69) is 0 Å². The van der Waals surface area contributed by atoms with Crippen molar-refractivity contribution in [3.05, 3.63) is 29.8 Å². The number of benzene rings is 1. The van der Waals surface area contributed by atoms with Gasteiger partial charge < -0.3 is 14.9 Å². The highest BCUT2D eigenvalue weighted by molar-refractivity contribution is 5.98. The van der Waals surface area contributed by atoms with Crippen LogP contribution in [0.1, 0.15) is 18.4 Å². The number of rotatable bonds is 5. The van der Waals surface area contributed by atoms with Crippen molar-refractivity contribution >= 4 is 11.9 Å². The lowest BCUT2D eigenvalue weighted by molar-refractivity contribution is -0.150. The van der Waals surface area contributed by atoms with Crippen LogP contribution in [0.15, 0.2) is 24.3 Å².